The predicted octanol–water partition coefficient (Wildman–Crippen LogP) is 5.08. The van der Waals surface area contributed by atoms with Gasteiger partial charge in [0.25, 0.3) is 5.56 Å². The van der Waals surface area contributed by atoms with Crippen LogP contribution in [0.1, 0.15) is 32.4 Å². The van der Waals surface area contributed by atoms with E-state index in [-0.39, 0.29) is 17.8 Å². The van der Waals surface area contributed by atoms with Crippen LogP contribution in [-0.2, 0) is 17.8 Å². The maximum Gasteiger partial charge on any atom is 0.260 e. The third-order valence-corrected chi connectivity index (χ3v) is 6.37. The van der Waals surface area contributed by atoms with Crippen LogP contribution in [0.5, 0.6) is 0 Å². The van der Waals surface area contributed by atoms with Crippen LogP contribution in [0.25, 0.3) is 21.3 Å². The van der Waals surface area contributed by atoms with Crippen molar-refractivity contribution in [2.45, 2.75) is 45.6 Å². The Morgan fingerprint density at radius 2 is 2.00 bits per heavy atom. The molecule has 1 atom stereocenters. The van der Waals surface area contributed by atoms with Gasteiger partial charge in [-0.05, 0) is 39.0 Å². The molecule has 1 unspecified atom stereocenters. The number of ether oxygens (including phenoxy) is 1. The fourth-order valence-corrected chi connectivity index (χ4v) is 4.86. The maximum absolute atomic E-state index is 13.1. The summed E-state index contributed by atoms with van der Waals surface area (Å²) in [5.74, 6) is 1.27. The summed E-state index contributed by atoms with van der Waals surface area (Å²) >= 11 is 7.77. The summed E-state index contributed by atoms with van der Waals surface area (Å²) in [4.78, 5) is 23.3. The summed E-state index contributed by atoms with van der Waals surface area (Å²) in [5, 5.41) is 13.6. The summed E-state index contributed by atoms with van der Waals surface area (Å²) < 4.78 is 11.2. The Bertz CT molecular complexity index is 1290. The normalized spacial score (nSPS) is 13.1. The van der Waals surface area contributed by atoms with Crippen LogP contribution in [0.4, 0.5) is 0 Å². The van der Waals surface area contributed by atoms with Gasteiger partial charge in [0.15, 0.2) is 0 Å². The SMILES string of the molecule is CC(C)(C)OCC(O)CN(Cc1nc2scc(-c3ccccc3Cl)c2c(=O)[nH]1)Cc1ccco1. The molecule has 0 saturated carbocycles. The third-order valence-electron chi connectivity index (χ3n) is 5.17. The molecule has 0 bridgehead atoms. The number of furan rings is 1. The van der Waals surface area contributed by atoms with E-state index in [1.165, 1.54) is 11.3 Å². The molecule has 0 radical (unpaired) electrons. The highest BCUT2D eigenvalue weighted by atomic mass is 35.5. The van der Waals surface area contributed by atoms with Gasteiger partial charge in [0, 0.05) is 28.1 Å². The monoisotopic (exact) mass is 501 g/mol. The molecule has 0 fully saturated rings. The minimum Gasteiger partial charge on any atom is -0.468 e. The molecule has 7 nitrogen and oxygen atoms in total. The molecule has 4 rings (SSSR count). The number of thiophene rings is 1. The van der Waals surface area contributed by atoms with E-state index in [0.29, 0.717) is 40.7 Å². The summed E-state index contributed by atoms with van der Waals surface area (Å²) in [7, 11) is 0. The number of nitrogens with zero attached hydrogens (tertiary/aromatic N) is 2. The van der Waals surface area contributed by atoms with E-state index in [0.717, 1.165) is 16.9 Å². The number of benzene rings is 1. The lowest BCUT2D eigenvalue weighted by Crippen LogP contribution is -2.37. The zero-order valence-electron chi connectivity index (χ0n) is 19.4. The van der Waals surface area contributed by atoms with Gasteiger partial charge in [0.2, 0.25) is 0 Å². The highest BCUT2D eigenvalue weighted by molar-refractivity contribution is 7.17. The molecule has 0 aliphatic heterocycles. The summed E-state index contributed by atoms with van der Waals surface area (Å²) in [6, 6.07) is 11.1. The first-order valence-electron chi connectivity index (χ1n) is 11.0. The Morgan fingerprint density at radius 3 is 2.71 bits per heavy atom. The minimum atomic E-state index is -0.710. The molecular formula is C25H28ClN3O4S. The molecule has 1 aromatic carbocycles. The quantitative estimate of drug-likeness (QED) is 0.332. The topological polar surface area (TPSA) is 91.6 Å². The van der Waals surface area contributed by atoms with Crippen LogP contribution in [0.3, 0.4) is 0 Å². The number of H-pyrrole nitrogens is 1. The van der Waals surface area contributed by atoms with Gasteiger partial charge in [-0.25, -0.2) is 4.98 Å². The highest BCUT2D eigenvalue weighted by Crippen LogP contribution is 2.34. The van der Waals surface area contributed by atoms with Gasteiger partial charge in [0.05, 0.1) is 43.1 Å². The standard InChI is InChI=1S/C25H28ClN3O4S/c1-25(2,3)33-14-16(30)11-29(12-17-7-6-10-32-17)13-21-27-23(31)22-19(15-34-24(22)28-21)18-8-4-5-9-20(18)26/h4-10,15-16,30H,11-14H2,1-3H3,(H,27,28,31). The van der Waals surface area contributed by atoms with E-state index < -0.39 is 6.10 Å². The number of aliphatic hydroxyl groups is 1. The first-order chi connectivity index (χ1) is 16.2. The minimum absolute atomic E-state index is 0.202. The summed E-state index contributed by atoms with van der Waals surface area (Å²) in [5.41, 5.74) is 1.01. The van der Waals surface area contributed by atoms with Gasteiger partial charge < -0.3 is 19.2 Å². The number of aromatic amines is 1. The highest BCUT2D eigenvalue weighted by Gasteiger charge is 2.20. The van der Waals surface area contributed by atoms with E-state index in [1.54, 1.807) is 12.3 Å². The molecule has 0 aliphatic rings. The van der Waals surface area contributed by atoms with Crippen molar-refractivity contribution in [2.24, 2.45) is 0 Å². The molecular weight excluding hydrogens is 474 g/mol. The van der Waals surface area contributed by atoms with Crippen molar-refractivity contribution in [3.8, 4) is 11.1 Å². The molecule has 0 spiro atoms. The van der Waals surface area contributed by atoms with Crippen LogP contribution in [-0.4, -0.2) is 44.8 Å². The number of aromatic nitrogens is 2. The fraction of sp³-hybridized carbons (Fsp3) is 0.360. The van der Waals surface area contributed by atoms with E-state index >= 15 is 0 Å². The Morgan fingerprint density at radius 1 is 1.21 bits per heavy atom. The van der Waals surface area contributed by atoms with Gasteiger partial charge in [-0.1, -0.05) is 29.8 Å². The van der Waals surface area contributed by atoms with Crippen LogP contribution in [0, 0.1) is 0 Å². The van der Waals surface area contributed by atoms with Gasteiger partial charge in [-0.3, -0.25) is 9.69 Å². The van der Waals surface area contributed by atoms with Crippen molar-refractivity contribution < 1.29 is 14.3 Å². The number of hydrogen-bond acceptors (Lipinski definition) is 7. The van der Waals surface area contributed by atoms with Gasteiger partial charge in [-0.15, -0.1) is 11.3 Å². The van der Waals surface area contributed by atoms with E-state index in [1.807, 2.05) is 61.4 Å². The Hall–Kier alpha value is -2.49. The Balaban J connectivity index is 1.58. The van der Waals surface area contributed by atoms with Crippen LogP contribution < -0.4 is 5.56 Å². The second-order valence-electron chi connectivity index (χ2n) is 9.15. The zero-order valence-corrected chi connectivity index (χ0v) is 20.9. The molecule has 180 valence electrons. The van der Waals surface area contributed by atoms with E-state index in [4.69, 9.17) is 25.7 Å². The van der Waals surface area contributed by atoms with Gasteiger partial charge >= 0.3 is 0 Å². The van der Waals surface area contributed by atoms with Crippen molar-refractivity contribution >= 4 is 33.2 Å². The largest absolute Gasteiger partial charge is 0.468 e. The predicted molar refractivity (Wildman–Crippen MR) is 135 cm³/mol. The fourth-order valence-electron chi connectivity index (χ4n) is 3.66. The first kappa shape index (κ1) is 24.6. The van der Waals surface area contributed by atoms with E-state index in [9.17, 15) is 9.90 Å². The average molecular weight is 502 g/mol. The molecule has 4 aromatic rings. The first-order valence-corrected chi connectivity index (χ1v) is 12.3. The molecule has 3 heterocycles. The van der Waals surface area contributed by atoms with Crippen LogP contribution in [0.2, 0.25) is 5.02 Å². The summed E-state index contributed by atoms with van der Waals surface area (Å²) in [6.07, 6.45) is 0.902. The van der Waals surface area contributed by atoms with Gasteiger partial charge in [0.1, 0.15) is 16.4 Å². The molecule has 2 N–H and O–H groups in total. The lowest BCUT2D eigenvalue weighted by molar-refractivity contribution is -0.0577. The number of hydrogen-bond donors (Lipinski definition) is 2. The second kappa shape index (κ2) is 10.4. The van der Waals surface area contributed by atoms with Crippen LogP contribution >= 0.6 is 22.9 Å². The molecule has 0 amide bonds. The lowest BCUT2D eigenvalue weighted by Gasteiger charge is -2.26. The molecule has 3 aromatic heterocycles. The number of aliphatic hydroxyl groups excluding tert-OH is 1. The number of fused-ring (bicyclic) bond motifs is 1. The van der Waals surface area contributed by atoms with Crippen molar-refractivity contribution in [1.29, 1.82) is 0 Å². The number of nitrogens with one attached hydrogen (secondary N) is 1. The maximum atomic E-state index is 13.1. The van der Waals surface area contributed by atoms with E-state index in [2.05, 4.69) is 4.98 Å². The van der Waals surface area contributed by atoms with Crippen molar-refractivity contribution in [3.63, 3.8) is 0 Å². The van der Waals surface area contributed by atoms with Crippen molar-refractivity contribution in [1.82, 2.24) is 14.9 Å². The van der Waals surface area contributed by atoms with Crippen molar-refractivity contribution in [3.05, 3.63) is 75.0 Å². The Kier molecular flexibility index (Phi) is 7.54. The number of rotatable bonds is 9. The van der Waals surface area contributed by atoms with Crippen molar-refractivity contribution in [2.75, 3.05) is 13.2 Å². The lowest BCUT2D eigenvalue weighted by atomic mass is 10.1. The molecule has 9 heteroatoms. The summed E-state index contributed by atoms with van der Waals surface area (Å²) in [6.45, 7) is 7.15. The van der Waals surface area contributed by atoms with Crippen LogP contribution in [0.15, 0.2) is 57.3 Å². The zero-order chi connectivity index (χ0) is 24.3. The molecule has 0 saturated heterocycles. The molecule has 34 heavy (non-hydrogen) atoms. The smallest absolute Gasteiger partial charge is 0.260 e. The second-order valence-corrected chi connectivity index (χ2v) is 10.4. The molecule has 0 aliphatic carbocycles. The third kappa shape index (κ3) is 6.14. The average Bonchev–Trinajstić information content (AvgIpc) is 3.42. The number of halogens is 1. The van der Waals surface area contributed by atoms with Gasteiger partial charge in [-0.2, -0.15) is 0 Å². The Labute approximate surface area is 207 Å².